The Hall–Kier alpha value is -3.40. The summed E-state index contributed by atoms with van der Waals surface area (Å²) in [5, 5.41) is 17.9. The summed E-state index contributed by atoms with van der Waals surface area (Å²) < 4.78 is 5.72. The van der Waals surface area contributed by atoms with Crippen LogP contribution in [0, 0.1) is 11.3 Å². The van der Waals surface area contributed by atoms with Crippen molar-refractivity contribution in [2.24, 2.45) is 0 Å². The molecule has 2 N–H and O–H groups in total. The average molecular weight is 376 g/mol. The maximum Gasteiger partial charge on any atom is 0.253 e. The first-order chi connectivity index (χ1) is 13.6. The number of nitrogens with zero attached hydrogens (tertiary/aromatic N) is 4. The normalized spacial score (nSPS) is 11.6. The van der Waals surface area contributed by atoms with Gasteiger partial charge in [-0.05, 0) is 37.3 Å². The van der Waals surface area contributed by atoms with Gasteiger partial charge in [0.1, 0.15) is 11.9 Å². The molecule has 0 saturated carbocycles. The number of benzene rings is 1. The first-order valence-corrected chi connectivity index (χ1v) is 9.48. The summed E-state index contributed by atoms with van der Waals surface area (Å²) in [7, 11) is 0. The molecule has 1 atom stereocenters. The van der Waals surface area contributed by atoms with E-state index in [0.29, 0.717) is 11.6 Å². The van der Waals surface area contributed by atoms with Gasteiger partial charge in [0.25, 0.3) is 5.88 Å². The molecule has 0 bridgehead atoms. The van der Waals surface area contributed by atoms with Gasteiger partial charge in [-0.15, -0.1) is 0 Å². The third-order valence-corrected chi connectivity index (χ3v) is 4.32. The molecule has 2 heterocycles. The van der Waals surface area contributed by atoms with Crippen LogP contribution < -0.4 is 15.4 Å². The molecule has 144 valence electrons. The highest BCUT2D eigenvalue weighted by Gasteiger charge is 2.12. The summed E-state index contributed by atoms with van der Waals surface area (Å²) in [5.74, 6) is 1.35. The Bertz CT molecular complexity index is 998. The Morgan fingerprint density at radius 2 is 2.04 bits per heavy atom. The predicted octanol–water partition coefficient (Wildman–Crippen LogP) is 4.64. The molecule has 0 saturated heterocycles. The van der Waals surface area contributed by atoms with Crippen molar-refractivity contribution in [3.8, 4) is 11.9 Å². The molecule has 0 spiro atoms. The molecule has 7 nitrogen and oxygen atoms in total. The molecular formula is C21H24N6O. The second-order valence-corrected chi connectivity index (χ2v) is 6.51. The third-order valence-electron chi connectivity index (χ3n) is 4.32. The fraction of sp³-hybridized carbons (Fsp3) is 0.333. The number of rotatable bonds is 8. The molecule has 0 radical (unpaired) electrons. The second kappa shape index (κ2) is 9.00. The molecule has 0 fully saturated rings. The molecule has 3 rings (SSSR count). The predicted molar refractivity (Wildman–Crippen MR) is 111 cm³/mol. The largest absolute Gasteiger partial charge is 0.473 e. The number of pyridine rings is 1. The summed E-state index contributed by atoms with van der Waals surface area (Å²) in [5.41, 5.74) is 1.24. The van der Waals surface area contributed by atoms with Gasteiger partial charge in [-0.2, -0.15) is 10.2 Å². The second-order valence-electron chi connectivity index (χ2n) is 6.51. The van der Waals surface area contributed by atoms with Crippen molar-refractivity contribution in [1.82, 2.24) is 15.0 Å². The monoisotopic (exact) mass is 376 g/mol. The lowest BCUT2D eigenvalue weighted by Gasteiger charge is -2.14. The van der Waals surface area contributed by atoms with Crippen molar-refractivity contribution in [3.05, 3.63) is 42.4 Å². The average Bonchev–Trinajstić information content (AvgIpc) is 2.72. The van der Waals surface area contributed by atoms with Gasteiger partial charge in [-0.3, -0.25) is 0 Å². The lowest BCUT2D eigenvalue weighted by Crippen LogP contribution is -2.13. The highest BCUT2D eigenvalue weighted by molar-refractivity contribution is 5.94. The first kappa shape index (κ1) is 19.4. The van der Waals surface area contributed by atoms with Gasteiger partial charge in [0.15, 0.2) is 5.82 Å². The van der Waals surface area contributed by atoms with Crippen LogP contribution in [-0.2, 0) is 0 Å². The standard InChI is InChI=1S/C21H24N6O/c1-4-9-23-17-8-6-7-15-10-19(25-12-16(15)17)26-20-13-24-18(11-22)21(27-20)28-14(3)5-2/h6-8,10,12-14,23H,4-5,9H2,1-3H3,(H,25,26,27)/t14-/m1/s1. The number of anilines is 3. The number of fused-ring (bicyclic) bond motifs is 1. The van der Waals surface area contributed by atoms with E-state index in [1.807, 2.05) is 44.3 Å². The van der Waals surface area contributed by atoms with Crippen molar-refractivity contribution in [2.45, 2.75) is 39.7 Å². The number of aromatic nitrogens is 3. The van der Waals surface area contributed by atoms with E-state index in [9.17, 15) is 5.26 Å². The maximum absolute atomic E-state index is 9.22. The fourth-order valence-corrected chi connectivity index (χ4v) is 2.65. The molecule has 0 aliphatic heterocycles. The van der Waals surface area contributed by atoms with Gasteiger partial charge in [0.05, 0.1) is 12.3 Å². The third kappa shape index (κ3) is 4.46. The molecule has 28 heavy (non-hydrogen) atoms. The minimum absolute atomic E-state index is 0.0514. The lowest BCUT2D eigenvalue weighted by molar-refractivity contribution is 0.207. The minimum atomic E-state index is -0.0514. The molecule has 0 aliphatic rings. The summed E-state index contributed by atoms with van der Waals surface area (Å²) in [6.45, 7) is 6.99. The van der Waals surface area contributed by atoms with Crippen molar-refractivity contribution in [3.63, 3.8) is 0 Å². The zero-order valence-corrected chi connectivity index (χ0v) is 16.4. The summed E-state index contributed by atoms with van der Waals surface area (Å²) in [6.07, 6.45) is 5.16. The summed E-state index contributed by atoms with van der Waals surface area (Å²) in [4.78, 5) is 13.0. The van der Waals surface area contributed by atoms with Gasteiger partial charge in [0.2, 0.25) is 5.69 Å². The van der Waals surface area contributed by atoms with Crippen LogP contribution in [-0.4, -0.2) is 27.6 Å². The number of nitrogens with one attached hydrogen (secondary N) is 2. The smallest absolute Gasteiger partial charge is 0.253 e. The maximum atomic E-state index is 9.22. The topological polar surface area (TPSA) is 95.8 Å². The zero-order valence-electron chi connectivity index (χ0n) is 16.4. The Morgan fingerprint density at radius 1 is 1.18 bits per heavy atom. The molecule has 0 amide bonds. The Morgan fingerprint density at radius 3 is 2.79 bits per heavy atom. The van der Waals surface area contributed by atoms with Crippen LogP contribution in [0.1, 0.15) is 39.3 Å². The van der Waals surface area contributed by atoms with E-state index in [2.05, 4.69) is 38.6 Å². The van der Waals surface area contributed by atoms with Crippen molar-refractivity contribution in [1.29, 1.82) is 5.26 Å². The van der Waals surface area contributed by atoms with Crippen LogP contribution in [0.5, 0.6) is 5.88 Å². The van der Waals surface area contributed by atoms with Crippen molar-refractivity contribution >= 4 is 28.1 Å². The quantitative estimate of drug-likeness (QED) is 0.591. The van der Waals surface area contributed by atoms with Crippen LogP contribution >= 0.6 is 0 Å². The zero-order chi connectivity index (χ0) is 19.9. The molecule has 0 aliphatic carbocycles. The molecule has 0 unspecified atom stereocenters. The fourth-order valence-electron chi connectivity index (χ4n) is 2.65. The van der Waals surface area contributed by atoms with E-state index in [-0.39, 0.29) is 17.7 Å². The molecule has 7 heteroatoms. The number of hydrogen-bond donors (Lipinski definition) is 2. The van der Waals surface area contributed by atoms with Crippen LogP contribution in [0.4, 0.5) is 17.3 Å². The van der Waals surface area contributed by atoms with E-state index < -0.39 is 0 Å². The number of hydrogen-bond acceptors (Lipinski definition) is 7. The van der Waals surface area contributed by atoms with Gasteiger partial charge in [-0.25, -0.2) is 9.97 Å². The van der Waals surface area contributed by atoms with E-state index >= 15 is 0 Å². The van der Waals surface area contributed by atoms with E-state index in [1.54, 1.807) is 0 Å². The molecule has 3 aromatic rings. The first-order valence-electron chi connectivity index (χ1n) is 9.48. The molecule has 1 aromatic carbocycles. The summed E-state index contributed by atoms with van der Waals surface area (Å²) >= 11 is 0. The van der Waals surface area contributed by atoms with Crippen LogP contribution in [0.2, 0.25) is 0 Å². The van der Waals surface area contributed by atoms with Crippen molar-refractivity contribution in [2.75, 3.05) is 17.2 Å². The van der Waals surface area contributed by atoms with Crippen LogP contribution in [0.3, 0.4) is 0 Å². The Balaban J connectivity index is 1.86. The highest BCUT2D eigenvalue weighted by atomic mass is 16.5. The Labute approximate surface area is 164 Å². The van der Waals surface area contributed by atoms with E-state index in [0.717, 1.165) is 35.8 Å². The van der Waals surface area contributed by atoms with Gasteiger partial charge < -0.3 is 15.4 Å². The number of ether oxygens (including phenoxy) is 1. The SMILES string of the molecule is CCCNc1cccc2cc(Nc3cnc(C#N)c(O[C@H](C)CC)n3)ncc12. The van der Waals surface area contributed by atoms with Gasteiger partial charge >= 0.3 is 0 Å². The minimum Gasteiger partial charge on any atom is -0.473 e. The van der Waals surface area contributed by atoms with Crippen LogP contribution in [0.15, 0.2) is 36.7 Å². The number of nitriles is 1. The lowest BCUT2D eigenvalue weighted by atomic mass is 10.1. The van der Waals surface area contributed by atoms with E-state index in [4.69, 9.17) is 4.74 Å². The Kier molecular flexibility index (Phi) is 6.22. The van der Waals surface area contributed by atoms with Gasteiger partial charge in [0, 0.05) is 23.8 Å². The molecule has 2 aromatic heterocycles. The van der Waals surface area contributed by atoms with Gasteiger partial charge in [-0.1, -0.05) is 26.0 Å². The van der Waals surface area contributed by atoms with E-state index in [1.165, 1.54) is 6.20 Å². The molecular weight excluding hydrogens is 352 g/mol. The van der Waals surface area contributed by atoms with Crippen molar-refractivity contribution < 1.29 is 4.74 Å². The summed E-state index contributed by atoms with van der Waals surface area (Å²) in [6, 6.07) is 10.1. The highest BCUT2D eigenvalue weighted by Crippen LogP contribution is 2.26. The van der Waals surface area contributed by atoms with Crippen LogP contribution in [0.25, 0.3) is 10.8 Å².